The number of ether oxygens (including phenoxy) is 2. The van der Waals surface area contributed by atoms with Crippen LogP contribution in [0.5, 0.6) is 11.5 Å². The number of primary amides is 1. The molecule has 0 radical (unpaired) electrons. The van der Waals surface area contributed by atoms with Crippen LogP contribution in [-0.4, -0.2) is 19.1 Å². The van der Waals surface area contributed by atoms with E-state index in [-0.39, 0.29) is 0 Å². The van der Waals surface area contributed by atoms with Crippen molar-refractivity contribution in [1.29, 1.82) is 0 Å². The van der Waals surface area contributed by atoms with Crippen LogP contribution in [-0.2, 0) is 0 Å². The highest BCUT2D eigenvalue weighted by Gasteiger charge is 2.16. The lowest BCUT2D eigenvalue weighted by Crippen LogP contribution is -2.15. The molecular weight excluding hydrogens is 264 g/mol. The first-order valence-electron chi connectivity index (χ1n) is 5.74. The third-order valence-electron chi connectivity index (χ3n) is 2.85. The Hall–Kier alpha value is -2.21. The van der Waals surface area contributed by atoms with Crippen molar-refractivity contribution in [3.05, 3.63) is 29.8 Å². The summed E-state index contributed by atoms with van der Waals surface area (Å²) in [5.74, 6) is 0.920. The first kappa shape index (κ1) is 11.9. The second kappa shape index (κ2) is 4.47. The Morgan fingerprint density at radius 2 is 1.89 bits per heavy atom. The molecule has 0 bridgehead atoms. The summed E-state index contributed by atoms with van der Waals surface area (Å²) in [7, 11) is 0. The number of benzene rings is 1. The summed E-state index contributed by atoms with van der Waals surface area (Å²) >= 11 is 1.33. The lowest BCUT2D eigenvalue weighted by Gasteiger charge is -2.18. The average molecular weight is 276 g/mol. The average Bonchev–Trinajstić information content (AvgIpc) is 2.80. The van der Waals surface area contributed by atoms with Crippen LogP contribution in [0.1, 0.15) is 10.4 Å². The van der Waals surface area contributed by atoms with Crippen molar-refractivity contribution >= 4 is 22.2 Å². The lowest BCUT2D eigenvalue weighted by molar-refractivity contribution is 0.100. The van der Waals surface area contributed by atoms with Gasteiger partial charge in [-0.15, -0.1) is 11.3 Å². The predicted octanol–water partition coefficient (Wildman–Crippen LogP) is 1.87. The second-order valence-electron chi connectivity index (χ2n) is 4.11. The zero-order valence-electron chi connectivity index (χ0n) is 10.0. The third-order valence-corrected chi connectivity index (χ3v) is 3.87. The summed E-state index contributed by atoms with van der Waals surface area (Å²) in [6.07, 6.45) is 0. The van der Waals surface area contributed by atoms with Gasteiger partial charge in [0.1, 0.15) is 13.2 Å². The van der Waals surface area contributed by atoms with E-state index >= 15 is 0 Å². The summed E-state index contributed by atoms with van der Waals surface area (Å²) in [5, 5.41) is 0.428. The molecule has 0 saturated heterocycles. The first-order chi connectivity index (χ1) is 9.15. The molecule has 0 fully saturated rings. The van der Waals surface area contributed by atoms with E-state index < -0.39 is 5.91 Å². The van der Waals surface area contributed by atoms with Crippen molar-refractivity contribution in [1.82, 2.24) is 0 Å². The van der Waals surface area contributed by atoms with Crippen molar-refractivity contribution in [3.8, 4) is 21.9 Å². The van der Waals surface area contributed by atoms with E-state index in [1.165, 1.54) is 11.3 Å². The molecule has 6 heteroatoms. The second-order valence-corrected chi connectivity index (χ2v) is 5.20. The van der Waals surface area contributed by atoms with Gasteiger partial charge in [-0.2, -0.15) is 0 Å². The Morgan fingerprint density at radius 3 is 2.58 bits per heavy atom. The SMILES string of the molecule is NC(=O)c1cc(-c2ccc3c(c2)OCCO3)sc1N. The minimum absolute atomic E-state index is 0.356. The van der Waals surface area contributed by atoms with Crippen molar-refractivity contribution in [2.45, 2.75) is 0 Å². The summed E-state index contributed by atoms with van der Waals surface area (Å²) in [5.41, 5.74) is 12.3. The van der Waals surface area contributed by atoms with Crippen LogP contribution in [0.25, 0.3) is 10.4 Å². The Kier molecular flexibility index (Phi) is 2.79. The van der Waals surface area contributed by atoms with E-state index in [2.05, 4.69) is 0 Å². The number of carbonyl (C=O) groups excluding carboxylic acids is 1. The number of rotatable bonds is 2. The van der Waals surface area contributed by atoms with E-state index in [1.54, 1.807) is 6.07 Å². The summed E-state index contributed by atoms with van der Waals surface area (Å²) in [6.45, 7) is 1.10. The minimum Gasteiger partial charge on any atom is -0.486 e. The lowest BCUT2D eigenvalue weighted by atomic mass is 10.1. The van der Waals surface area contributed by atoms with Gasteiger partial charge in [0.25, 0.3) is 5.91 Å². The van der Waals surface area contributed by atoms with Crippen LogP contribution in [0.4, 0.5) is 5.00 Å². The van der Waals surface area contributed by atoms with Gasteiger partial charge in [0.2, 0.25) is 0 Å². The molecule has 0 unspecified atom stereocenters. The highest BCUT2D eigenvalue weighted by Crippen LogP contribution is 2.38. The smallest absolute Gasteiger partial charge is 0.251 e. The number of nitrogens with two attached hydrogens (primary N) is 2. The molecule has 4 N–H and O–H groups in total. The molecule has 0 saturated carbocycles. The number of hydrogen-bond donors (Lipinski definition) is 2. The maximum absolute atomic E-state index is 11.2. The predicted molar refractivity (Wildman–Crippen MR) is 73.7 cm³/mol. The first-order valence-corrected chi connectivity index (χ1v) is 6.56. The van der Waals surface area contributed by atoms with Gasteiger partial charge in [-0.05, 0) is 29.8 Å². The summed E-state index contributed by atoms with van der Waals surface area (Å²) in [6, 6.07) is 7.34. The maximum atomic E-state index is 11.2. The van der Waals surface area contributed by atoms with Crippen molar-refractivity contribution in [2.75, 3.05) is 18.9 Å². The molecule has 2 heterocycles. The number of carbonyl (C=O) groups is 1. The molecular formula is C13H12N2O3S. The standard InChI is InChI=1S/C13H12N2O3S/c14-12(16)8-6-11(19-13(8)15)7-1-2-9-10(5-7)18-4-3-17-9/h1-2,5-6H,3-4,15H2,(H2,14,16). The van der Waals surface area contributed by atoms with Crippen LogP contribution in [0.2, 0.25) is 0 Å². The van der Waals surface area contributed by atoms with Crippen molar-refractivity contribution in [2.24, 2.45) is 5.73 Å². The molecule has 1 aromatic carbocycles. The molecule has 1 aromatic heterocycles. The van der Waals surface area contributed by atoms with Crippen LogP contribution in [0, 0.1) is 0 Å². The number of amides is 1. The molecule has 2 aromatic rings. The normalized spacial score (nSPS) is 13.3. The van der Waals surface area contributed by atoms with Crippen LogP contribution in [0.15, 0.2) is 24.3 Å². The Bertz CT molecular complexity index is 651. The number of nitrogen functional groups attached to an aromatic ring is 1. The van der Waals surface area contributed by atoms with Crippen LogP contribution in [0.3, 0.4) is 0 Å². The molecule has 1 aliphatic rings. The zero-order chi connectivity index (χ0) is 13.4. The monoisotopic (exact) mass is 276 g/mol. The van der Waals surface area contributed by atoms with E-state index in [0.29, 0.717) is 29.5 Å². The zero-order valence-corrected chi connectivity index (χ0v) is 10.8. The van der Waals surface area contributed by atoms with E-state index in [1.807, 2.05) is 18.2 Å². The van der Waals surface area contributed by atoms with Gasteiger partial charge in [0, 0.05) is 4.88 Å². The molecule has 5 nitrogen and oxygen atoms in total. The van der Waals surface area contributed by atoms with Crippen LogP contribution < -0.4 is 20.9 Å². The Morgan fingerprint density at radius 1 is 1.16 bits per heavy atom. The fourth-order valence-corrected chi connectivity index (χ4v) is 2.86. The molecule has 0 atom stereocenters. The Balaban J connectivity index is 2.02. The van der Waals surface area contributed by atoms with Gasteiger partial charge < -0.3 is 20.9 Å². The highest BCUT2D eigenvalue weighted by atomic mass is 32.1. The van der Waals surface area contributed by atoms with Gasteiger partial charge in [-0.25, -0.2) is 0 Å². The molecule has 3 rings (SSSR count). The molecule has 1 aliphatic heterocycles. The van der Waals surface area contributed by atoms with Gasteiger partial charge >= 0.3 is 0 Å². The van der Waals surface area contributed by atoms with Crippen molar-refractivity contribution < 1.29 is 14.3 Å². The number of thiophene rings is 1. The third kappa shape index (κ3) is 2.10. The maximum Gasteiger partial charge on any atom is 0.251 e. The summed E-state index contributed by atoms with van der Waals surface area (Å²) in [4.78, 5) is 12.1. The Labute approximate surface area is 113 Å². The minimum atomic E-state index is -0.516. The van der Waals surface area contributed by atoms with Gasteiger partial charge in [-0.3, -0.25) is 4.79 Å². The van der Waals surface area contributed by atoms with Gasteiger partial charge in [-0.1, -0.05) is 0 Å². The highest BCUT2D eigenvalue weighted by molar-refractivity contribution is 7.19. The molecule has 98 valence electrons. The van der Waals surface area contributed by atoms with Crippen molar-refractivity contribution in [3.63, 3.8) is 0 Å². The van der Waals surface area contributed by atoms with Gasteiger partial charge in [0.15, 0.2) is 11.5 Å². The number of hydrogen-bond acceptors (Lipinski definition) is 5. The quantitative estimate of drug-likeness (QED) is 0.876. The molecule has 1 amide bonds. The fraction of sp³-hybridized carbons (Fsp3) is 0.154. The number of fused-ring (bicyclic) bond motifs is 1. The summed E-state index contributed by atoms with van der Waals surface area (Å²) < 4.78 is 11.0. The fourth-order valence-electron chi connectivity index (χ4n) is 1.94. The largest absolute Gasteiger partial charge is 0.486 e. The molecule has 0 spiro atoms. The number of anilines is 1. The van der Waals surface area contributed by atoms with Gasteiger partial charge in [0.05, 0.1) is 10.6 Å². The molecule has 19 heavy (non-hydrogen) atoms. The van der Waals surface area contributed by atoms with E-state index in [0.717, 1.165) is 16.2 Å². The van der Waals surface area contributed by atoms with E-state index in [9.17, 15) is 4.79 Å². The van der Waals surface area contributed by atoms with Crippen LogP contribution >= 0.6 is 11.3 Å². The topological polar surface area (TPSA) is 87.6 Å². The van der Waals surface area contributed by atoms with E-state index in [4.69, 9.17) is 20.9 Å². The molecule has 0 aliphatic carbocycles.